The molecule has 0 spiro atoms. The number of halogens is 17. The molecule has 0 atom stereocenters. The van der Waals surface area contributed by atoms with E-state index in [1.807, 2.05) is 0 Å². The van der Waals surface area contributed by atoms with Crippen molar-refractivity contribution in [2.45, 2.75) is 47.9 Å². The summed E-state index contributed by atoms with van der Waals surface area (Å²) >= 11 is 0. The third-order valence-electron chi connectivity index (χ3n) is 4.30. The fraction of sp³-hybridized carbons (Fsp3) is 0.500. The molecule has 220 valence electrons. The molecular weight excluding hydrogens is 610 g/mol. The average molecular weight is 618 g/mol. The standard InChI is InChI=1S/C16H8F17O4P/c17-8(9(18)37-7-3-1-6(2-4-7)5-38(34,35)36)10(19,20)11(21,22)12(23,24)13(25,26)14(27,28)15(29,30)16(31,32)33/h1-4H,5H2,(H2,34,35,36)/b9-8-. The van der Waals surface area contributed by atoms with E-state index in [1.54, 1.807) is 0 Å². The van der Waals surface area contributed by atoms with E-state index in [-0.39, 0.29) is 5.56 Å². The van der Waals surface area contributed by atoms with Gasteiger partial charge in [0.25, 0.3) is 0 Å². The third kappa shape index (κ3) is 5.54. The Hall–Kier alpha value is -2.28. The van der Waals surface area contributed by atoms with Crippen LogP contribution >= 0.6 is 7.60 Å². The Balaban J connectivity index is 3.48. The van der Waals surface area contributed by atoms with Crippen LogP contribution in [0.5, 0.6) is 5.75 Å². The second-order valence-electron chi connectivity index (χ2n) is 7.10. The Bertz CT molecular complexity index is 1090. The number of rotatable bonds is 10. The molecule has 1 rings (SSSR count). The lowest BCUT2D eigenvalue weighted by atomic mass is 9.91. The molecule has 0 saturated carbocycles. The van der Waals surface area contributed by atoms with E-state index >= 15 is 0 Å². The quantitative estimate of drug-likeness (QED) is 0.165. The van der Waals surface area contributed by atoms with Gasteiger partial charge in [-0.05, 0) is 17.7 Å². The molecule has 1 aromatic carbocycles. The smallest absolute Gasteiger partial charge is 0.430 e. The lowest BCUT2D eigenvalue weighted by Crippen LogP contribution is -2.72. The summed E-state index contributed by atoms with van der Waals surface area (Å²) in [5.41, 5.74) is -0.286. The highest BCUT2D eigenvalue weighted by Gasteiger charge is 2.93. The van der Waals surface area contributed by atoms with Crippen LogP contribution in [0.2, 0.25) is 0 Å². The van der Waals surface area contributed by atoms with E-state index in [0.29, 0.717) is 24.3 Å². The summed E-state index contributed by atoms with van der Waals surface area (Å²) < 4.78 is 238. The van der Waals surface area contributed by atoms with Crippen LogP contribution in [0.25, 0.3) is 0 Å². The fourth-order valence-corrected chi connectivity index (χ4v) is 2.96. The summed E-state index contributed by atoms with van der Waals surface area (Å²) in [6, 6.07) is -1.61. The summed E-state index contributed by atoms with van der Waals surface area (Å²) in [5, 5.41) is 0. The summed E-state index contributed by atoms with van der Waals surface area (Å²) in [4.78, 5) is 17.5. The second-order valence-corrected chi connectivity index (χ2v) is 8.75. The van der Waals surface area contributed by atoms with Gasteiger partial charge in [0.2, 0.25) is 5.83 Å². The Kier molecular flexibility index (Phi) is 8.64. The van der Waals surface area contributed by atoms with Gasteiger partial charge in [0.05, 0.1) is 6.16 Å². The topological polar surface area (TPSA) is 66.8 Å². The van der Waals surface area contributed by atoms with Crippen molar-refractivity contribution >= 4 is 7.60 Å². The van der Waals surface area contributed by atoms with Crippen LogP contribution in [0.1, 0.15) is 5.56 Å². The molecule has 0 fully saturated rings. The van der Waals surface area contributed by atoms with Gasteiger partial charge < -0.3 is 14.5 Å². The van der Waals surface area contributed by atoms with Gasteiger partial charge in [-0.15, -0.1) is 0 Å². The molecule has 4 nitrogen and oxygen atoms in total. The van der Waals surface area contributed by atoms with Gasteiger partial charge in [0.1, 0.15) is 5.75 Å². The first kappa shape index (κ1) is 33.7. The van der Waals surface area contributed by atoms with E-state index in [4.69, 9.17) is 9.79 Å². The number of benzene rings is 1. The molecule has 38 heavy (non-hydrogen) atoms. The van der Waals surface area contributed by atoms with Crippen LogP contribution in [-0.2, 0) is 10.7 Å². The predicted octanol–water partition coefficient (Wildman–Crippen LogP) is 7.23. The fourth-order valence-electron chi connectivity index (χ4n) is 2.28. The van der Waals surface area contributed by atoms with Crippen molar-refractivity contribution in [3.63, 3.8) is 0 Å². The number of allylic oxidation sites excluding steroid dienone is 1. The van der Waals surface area contributed by atoms with Crippen molar-refractivity contribution in [2.75, 3.05) is 0 Å². The van der Waals surface area contributed by atoms with Gasteiger partial charge in [-0.25, -0.2) is 0 Å². The molecule has 0 aromatic heterocycles. The van der Waals surface area contributed by atoms with Crippen LogP contribution in [-0.4, -0.2) is 51.5 Å². The van der Waals surface area contributed by atoms with E-state index in [2.05, 4.69) is 4.74 Å². The molecule has 0 saturated heterocycles. The van der Waals surface area contributed by atoms with Crippen molar-refractivity contribution in [2.24, 2.45) is 0 Å². The van der Waals surface area contributed by atoms with E-state index in [0.717, 1.165) is 0 Å². The van der Waals surface area contributed by atoms with Crippen molar-refractivity contribution in [3.8, 4) is 5.75 Å². The van der Waals surface area contributed by atoms with Gasteiger partial charge in [0.15, 0.2) is 0 Å². The Morgan fingerprint density at radius 1 is 0.658 bits per heavy atom. The first-order valence-corrected chi connectivity index (χ1v) is 10.5. The second kappa shape index (κ2) is 9.72. The number of hydrogen-bond donors (Lipinski definition) is 2. The normalized spacial score (nSPS) is 15.9. The van der Waals surface area contributed by atoms with Crippen molar-refractivity contribution < 1.29 is 93.7 Å². The van der Waals surface area contributed by atoms with Crippen LogP contribution in [0.15, 0.2) is 36.1 Å². The molecule has 0 bridgehead atoms. The minimum Gasteiger partial charge on any atom is -0.430 e. The number of ether oxygens (including phenoxy) is 1. The minimum absolute atomic E-state index is 0.286. The molecule has 0 aliphatic rings. The van der Waals surface area contributed by atoms with Gasteiger partial charge in [-0.3, -0.25) is 4.57 Å². The zero-order valence-electron chi connectivity index (χ0n) is 17.1. The van der Waals surface area contributed by atoms with Gasteiger partial charge in [0, 0.05) is 0 Å². The first-order valence-electron chi connectivity index (χ1n) is 8.69. The summed E-state index contributed by atoms with van der Waals surface area (Å²) in [6.07, 6.45) is -8.81. The van der Waals surface area contributed by atoms with E-state index < -0.39 is 73.1 Å². The maximum Gasteiger partial charge on any atom is 0.460 e. The Labute approximate surface area is 197 Å². The average Bonchev–Trinajstić information content (AvgIpc) is 2.71. The molecule has 0 aliphatic carbocycles. The van der Waals surface area contributed by atoms with Crippen molar-refractivity contribution in [1.29, 1.82) is 0 Å². The van der Waals surface area contributed by atoms with Gasteiger partial charge in [-0.1, -0.05) is 12.1 Å². The zero-order chi connectivity index (χ0) is 30.6. The van der Waals surface area contributed by atoms with Crippen molar-refractivity contribution in [1.82, 2.24) is 0 Å². The molecule has 0 radical (unpaired) electrons. The predicted molar refractivity (Wildman–Crippen MR) is 87.8 cm³/mol. The molecule has 22 heteroatoms. The molecule has 0 amide bonds. The highest BCUT2D eigenvalue weighted by molar-refractivity contribution is 7.50. The van der Waals surface area contributed by atoms with E-state index in [1.165, 1.54) is 0 Å². The number of hydrogen-bond acceptors (Lipinski definition) is 2. The first-order chi connectivity index (χ1) is 16.5. The van der Waals surface area contributed by atoms with Gasteiger partial charge in [-0.2, -0.15) is 74.6 Å². The largest absolute Gasteiger partial charge is 0.460 e. The summed E-state index contributed by atoms with van der Waals surface area (Å²) in [7, 11) is -4.71. The zero-order valence-corrected chi connectivity index (χ0v) is 18.0. The summed E-state index contributed by atoms with van der Waals surface area (Å²) in [5.74, 6) is -55.8. The maximum absolute atomic E-state index is 13.7. The lowest BCUT2D eigenvalue weighted by molar-refractivity contribution is -0.451. The molecular formula is C16H8F17O4P. The number of alkyl halides is 15. The SMILES string of the molecule is O=P(O)(O)Cc1ccc(O/C(F)=C(\F)C(F)(F)C(F)(F)C(F)(F)C(F)(F)C(F)(F)C(F)(F)C(F)(F)F)cc1. The van der Waals surface area contributed by atoms with Crippen LogP contribution < -0.4 is 4.74 Å². The minimum atomic E-state index is -8.68. The highest BCUT2D eigenvalue weighted by Crippen LogP contribution is 2.63. The van der Waals surface area contributed by atoms with Gasteiger partial charge >= 0.3 is 55.3 Å². The third-order valence-corrected chi connectivity index (χ3v) is 5.07. The van der Waals surface area contributed by atoms with Crippen molar-refractivity contribution in [3.05, 3.63) is 41.7 Å². The molecule has 0 heterocycles. The Morgan fingerprint density at radius 3 is 1.39 bits per heavy atom. The monoisotopic (exact) mass is 618 g/mol. The lowest BCUT2D eigenvalue weighted by Gasteiger charge is -2.41. The van der Waals surface area contributed by atoms with E-state index in [9.17, 15) is 79.2 Å². The van der Waals surface area contributed by atoms with Crippen LogP contribution in [0.3, 0.4) is 0 Å². The molecule has 0 unspecified atom stereocenters. The summed E-state index contributed by atoms with van der Waals surface area (Å²) in [6.45, 7) is 0. The highest BCUT2D eigenvalue weighted by atomic mass is 31.2. The maximum atomic E-state index is 13.7. The Morgan fingerprint density at radius 2 is 1.03 bits per heavy atom. The molecule has 0 aliphatic heterocycles. The molecule has 1 aromatic rings. The van der Waals surface area contributed by atoms with Crippen LogP contribution in [0, 0.1) is 0 Å². The molecule has 2 N–H and O–H groups in total. The van der Waals surface area contributed by atoms with Crippen LogP contribution in [0.4, 0.5) is 74.6 Å².